The van der Waals surface area contributed by atoms with Crippen LogP contribution in [0.3, 0.4) is 0 Å². The van der Waals surface area contributed by atoms with E-state index in [9.17, 15) is 0 Å². The lowest BCUT2D eigenvalue weighted by Crippen LogP contribution is -1.99. The van der Waals surface area contributed by atoms with Crippen molar-refractivity contribution in [2.45, 2.75) is 0 Å². The molecule has 0 unspecified atom stereocenters. The van der Waals surface area contributed by atoms with E-state index < -0.39 is 0 Å². The summed E-state index contributed by atoms with van der Waals surface area (Å²) in [6, 6.07) is 57.6. The van der Waals surface area contributed by atoms with Crippen LogP contribution in [0.1, 0.15) is 0 Å². The largest absolute Gasteiger partial charge is 0.456 e. The molecule has 0 saturated carbocycles. The zero-order valence-corrected chi connectivity index (χ0v) is 29.2. The number of aromatic nitrogens is 3. The molecule has 0 saturated heterocycles. The third kappa shape index (κ3) is 3.91. The van der Waals surface area contributed by atoms with E-state index in [4.69, 9.17) is 18.8 Å². The minimum atomic E-state index is 0.682. The van der Waals surface area contributed by atoms with Gasteiger partial charge in [0.05, 0.1) is 27.9 Å². The van der Waals surface area contributed by atoms with Gasteiger partial charge in [-0.3, -0.25) is 0 Å². The zero-order valence-electron chi connectivity index (χ0n) is 29.2. The molecule has 0 N–H and O–H groups in total. The first-order valence-corrected chi connectivity index (χ1v) is 18.6. The van der Waals surface area contributed by atoms with Gasteiger partial charge < -0.3 is 13.4 Å². The fraction of sp³-hybridized carbons (Fsp3) is 0. The Kier molecular flexibility index (Phi) is 5.57. The van der Waals surface area contributed by atoms with Gasteiger partial charge in [0.25, 0.3) is 0 Å². The van der Waals surface area contributed by atoms with Crippen LogP contribution in [-0.4, -0.2) is 14.5 Å². The lowest BCUT2D eigenvalue weighted by Gasteiger charge is -2.16. The van der Waals surface area contributed by atoms with E-state index in [2.05, 4.69) is 138 Å². The van der Waals surface area contributed by atoms with Crippen LogP contribution < -0.4 is 0 Å². The van der Waals surface area contributed by atoms with E-state index in [0.29, 0.717) is 5.82 Å². The normalized spacial score (nSPS) is 12.4. The van der Waals surface area contributed by atoms with Crippen LogP contribution in [0.2, 0.25) is 0 Å². The maximum atomic E-state index is 6.67. The number of benzene rings is 9. The van der Waals surface area contributed by atoms with Crippen LogP contribution in [0.5, 0.6) is 0 Å². The van der Waals surface area contributed by atoms with Crippen LogP contribution in [0, 0.1) is 0 Å². The number of nitrogens with zero attached hydrogens (tertiary/aromatic N) is 3. The summed E-state index contributed by atoms with van der Waals surface area (Å²) in [4.78, 5) is 10.6. The SMILES string of the molecule is c1ccc2c(-c3ccc4c(c3)oc3ccccc34)nc(-c3ccc(-n4c5ccc6cccc7oc8cccc9ccc4c(c98)c5c67)c4ccccc34)nc2c1. The van der Waals surface area contributed by atoms with Gasteiger partial charge in [-0.15, -0.1) is 0 Å². The molecule has 9 aromatic carbocycles. The molecule has 0 bridgehead atoms. The molecule has 0 atom stereocenters. The minimum Gasteiger partial charge on any atom is -0.456 e. The number of furan rings is 1. The molecule has 55 heavy (non-hydrogen) atoms. The summed E-state index contributed by atoms with van der Waals surface area (Å²) in [6.07, 6.45) is 0. The fourth-order valence-electron chi connectivity index (χ4n) is 9.19. The Labute approximate surface area is 312 Å². The predicted molar refractivity (Wildman–Crippen MR) is 226 cm³/mol. The summed E-state index contributed by atoms with van der Waals surface area (Å²) in [7, 11) is 0. The molecule has 0 aliphatic carbocycles. The number of fused-ring (bicyclic) bond motifs is 5. The highest BCUT2D eigenvalue weighted by atomic mass is 16.3. The molecule has 13 rings (SSSR count). The number of rotatable bonds is 3. The average molecular weight is 702 g/mol. The smallest absolute Gasteiger partial charge is 0.161 e. The van der Waals surface area contributed by atoms with Crippen molar-refractivity contribution in [2.75, 3.05) is 0 Å². The van der Waals surface area contributed by atoms with Gasteiger partial charge in [0.1, 0.15) is 22.3 Å². The Morgan fingerprint density at radius 2 is 1.02 bits per heavy atom. The van der Waals surface area contributed by atoms with Gasteiger partial charge in [0.15, 0.2) is 5.82 Å². The van der Waals surface area contributed by atoms with E-state index >= 15 is 0 Å². The van der Waals surface area contributed by atoms with Gasteiger partial charge >= 0.3 is 0 Å². The van der Waals surface area contributed by atoms with Crippen molar-refractivity contribution in [1.82, 2.24) is 14.5 Å². The summed E-state index contributed by atoms with van der Waals surface area (Å²) in [5, 5.41) is 12.5. The molecule has 0 fully saturated rings. The molecule has 0 aliphatic rings. The molecule has 0 aliphatic heterocycles. The summed E-state index contributed by atoms with van der Waals surface area (Å²) in [5.41, 5.74) is 10.6. The van der Waals surface area contributed by atoms with E-state index in [-0.39, 0.29) is 0 Å². The zero-order chi connectivity index (χ0) is 35.8. The molecule has 4 aromatic heterocycles. The lowest BCUT2D eigenvalue weighted by molar-refractivity contribution is 0.664. The van der Waals surface area contributed by atoms with Crippen molar-refractivity contribution in [3.63, 3.8) is 0 Å². The molecule has 4 heterocycles. The Morgan fingerprint density at radius 3 is 1.78 bits per heavy atom. The summed E-state index contributed by atoms with van der Waals surface area (Å²) in [5.74, 6) is 0.682. The second-order valence-corrected chi connectivity index (χ2v) is 14.5. The average Bonchev–Trinajstić information content (AvgIpc) is 3.73. The van der Waals surface area contributed by atoms with Crippen LogP contribution in [0.4, 0.5) is 0 Å². The van der Waals surface area contributed by atoms with Crippen molar-refractivity contribution < 1.29 is 8.83 Å². The third-order valence-corrected chi connectivity index (χ3v) is 11.6. The van der Waals surface area contributed by atoms with Crippen molar-refractivity contribution in [1.29, 1.82) is 0 Å². The molecule has 0 amide bonds. The van der Waals surface area contributed by atoms with Crippen LogP contribution in [-0.2, 0) is 0 Å². The topological polar surface area (TPSA) is 57.0 Å². The predicted octanol–water partition coefficient (Wildman–Crippen LogP) is 13.6. The Balaban J connectivity index is 1.08. The van der Waals surface area contributed by atoms with Gasteiger partial charge in [0.2, 0.25) is 0 Å². The monoisotopic (exact) mass is 701 g/mol. The maximum Gasteiger partial charge on any atom is 0.161 e. The third-order valence-electron chi connectivity index (χ3n) is 11.6. The fourth-order valence-corrected chi connectivity index (χ4v) is 9.19. The van der Waals surface area contributed by atoms with E-state index in [1.807, 2.05) is 30.3 Å². The lowest BCUT2D eigenvalue weighted by atomic mass is 10.00. The van der Waals surface area contributed by atoms with Crippen LogP contribution in [0.15, 0.2) is 173 Å². The highest BCUT2D eigenvalue weighted by Gasteiger charge is 2.23. The second-order valence-electron chi connectivity index (χ2n) is 14.5. The second kappa shape index (κ2) is 10.6. The first-order valence-electron chi connectivity index (χ1n) is 18.6. The standard InChI is InChI=1S/C50H27N3O2/c1-2-12-32-31(11-1)35(50-51-37-15-5-3-14-36(37)49(52-50)30-19-22-34-33-13-4-6-16-41(33)54-44(34)27-30)23-26-38(32)53-39-24-20-28-9-7-17-42-45(28)47(39)48-40(53)25-21-29-10-8-18-43(55-42)46(29)48/h1-27H. The highest BCUT2D eigenvalue weighted by molar-refractivity contribution is 6.33. The molecule has 0 spiro atoms. The quantitative estimate of drug-likeness (QED) is 0.184. The van der Waals surface area contributed by atoms with Crippen LogP contribution in [0.25, 0.3) is 126 Å². The van der Waals surface area contributed by atoms with Gasteiger partial charge in [-0.1, -0.05) is 103 Å². The summed E-state index contributed by atoms with van der Waals surface area (Å²) < 4.78 is 15.4. The molecular weight excluding hydrogens is 675 g/mol. The first-order chi connectivity index (χ1) is 27.3. The Morgan fingerprint density at radius 1 is 0.400 bits per heavy atom. The number of para-hydroxylation sites is 2. The minimum absolute atomic E-state index is 0.682. The molecule has 5 heteroatoms. The van der Waals surface area contributed by atoms with Gasteiger partial charge in [-0.2, -0.15) is 0 Å². The van der Waals surface area contributed by atoms with Crippen molar-refractivity contribution in [2.24, 2.45) is 0 Å². The highest BCUT2D eigenvalue weighted by Crippen LogP contribution is 2.46. The summed E-state index contributed by atoms with van der Waals surface area (Å²) >= 11 is 0. The number of hydrogen-bond acceptors (Lipinski definition) is 4. The Hall–Kier alpha value is -7.50. The molecule has 254 valence electrons. The Bertz CT molecular complexity index is 3630. The van der Waals surface area contributed by atoms with Crippen molar-refractivity contribution >= 4 is 98.1 Å². The molecule has 5 nitrogen and oxygen atoms in total. The van der Waals surface area contributed by atoms with Gasteiger partial charge in [0, 0.05) is 54.2 Å². The van der Waals surface area contributed by atoms with Crippen LogP contribution >= 0.6 is 0 Å². The van der Waals surface area contributed by atoms with Crippen molar-refractivity contribution in [3.05, 3.63) is 164 Å². The summed E-state index contributed by atoms with van der Waals surface area (Å²) in [6.45, 7) is 0. The molecule has 13 aromatic rings. The van der Waals surface area contributed by atoms with E-state index in [0.717, 1.165) is 110 Å². The van der Waals surface area contributed by atoms with E-state index in [1.165, 1.54) is 10.8 Å². The van der Waals surface area contributed by atoms with Crippen molar-refractivity contribution in [3.8, 4) is 28.3 Å². The van der Waals surface area contributed by atoms with Gasteiger partial charge in [-0.05, 0) is 76.8 Å². The molecular formula is C50H27N3O2. The number of hydrogen-bond donors (Lipinski definition) is 0. The first kappa shape index (κ1) is 29.0. The van der Waals surface area contributed by atoms with Gasteiger partial charge in [-0.25, -0.2) is 9.97 Å². The molecule has 0 radical (unpaired) electrons. The van der Waals surface area contributed by atoms with E-state index in [1.54, 1.807) is 0 Å². The maximum absolute atomic E-state index is 6.67.